The van der Waals surface area contributed by atoms with Gasteiger partial charge in [0.2, 0.25) is 0 Å². The van der Waals surface area contributed by atoms with Crippen molar-refractivity contribution in [2.45, 2.75) is 0 Å². The molecule has 1 heterocycles. The molecule has 0 N–H and O–H groups in total. The molecule has 0 unspecified atom stereocenters. The zero-order chi connectivity index (χ0) is 10.8. The van der Waals surface area contributed by atoms with Crippen molar-refractivity contribution in [3.05, 3.63) is 34.6 Å². The largest absolute Gasteiger partial charge is 0.329 e. The van der Waals surface area contributed by atoms with Crippen LogP contribution in [0.2, 0.25) is 5.02 Å². The summed E-state index contributed by atoms with van der Waals surface area (Å²) in [5, 5.41) is 0.178. The molecule has 1 amide bonds. The number of thioether (sulfide) groups is 1. The normalized spacial score (nSPS) is 15.7. The van der Waals surface area contributed by atoms with Crippen LogP contribution in [0.15, 0.2) is 18.2 Å². The molecule has 0 aliphatic carbocycles. The van der Waals surface area contributed by atoms with E-state index in [4.69, 9.17) is 11.6 Å². The fourth-order valence-electron chi connectivity index (χ4n) is 1.41. The highest BCUT2D eigenvalue weighted by atomic mass is 35.5. The van der Waals surface area contributed by atoms with Crippen molar-refractivity contribution >= 4 is 29.3 Å². The predicted molar refractivity (Wildman–Crippen MR) is 59.8 cm³/mol. The Morgan fingerprint density at radius 3 is 2.93 bits per heavy atom. The third-order valence-electron chi connectivity index (χ3n) is 2.20. The van der Waals surface area contributed by atoms with E-state index in [1.807, 2.05) is 0 Å². The highest BCUT2D eigenvalue weighted by molar-refractivity contribution is 7.99. The third-order valence-corrected chi connectivity index (χ3v) is 3.48. The molecule has 0 spiro atoms. The Morgan fingerprint density at radius 2 is 2.33 bits per heavy atom. The quantitative estimate of drug-likeness (QED) is 0.758. The molecule has 2 rings (SSSR count). The molecule has 1 saturated heterocycles. The van der Waals surface area contributed by atoms with Crippen molar-refractivity contribution in [3.8, 4) is 0 Å². The molecule has 0 bridgehead atoms. The number of halogens is 2. The van der Waals surface area contributed by atoms with E-state index >= 15 is 0 Å². The van der Waals surface area contributed by atoms with Crippen LogP contribution in [-0.2, 0) is 0 Å². The maximum absolute atomic E-state index is 12.8. The van der Waals surface area contributed by atoms with Gasteiger partial charge in [-0.15, -0.1) is 11.8 Å². The number of rotatable bonds is 1. The highest BCUT2D eigenvalue weighted by Gasteiger charge is 2.21. The van der Waals surface area contributed by atoms with E-state index in [0.717, 1.165) is 18.4 Å². The van der Waals surface area contributed by atoms with Gasteiger partial charge in [-0.3, -0.25) is 4.79 Å². The maximum Gasteiger partial charge on any atom is 0.256 e. The minimum atomic E-state index is -0.424. The van der Waals surface area contributed by atoms with Gasteiger partial charge >= 0.3 is 0 Å². The number of hydrogen-bond acceptors (Lipinski definition) is 2. The Morgan fingerprint density at radius 1 is 1.53 bits per heavy atom. The first-order valence-electron chi connectivity index (χ1n) is 4.50. The minimum absolute atomic E-state index is 0.120. The van der Waals surface area contributed by atoms with Gasteiger partial charge in [-0.2, -0.15) is 0 Å². The summed E-state index contributed by atoms with van der Waals surface area (Å²) >= 11 is 7.51. The first kappa shape index (κ1) is 10.8. The van der Waals surface area contributed by atoms with Crippen molar-refractivity contribution in [3.63, 3.8) is 0 Å². The Hall–Kier alpha value is -0.740. The average Bonchev–Trinajstić information content (AvgIpc) is 2.69. The van der Waals surface area contributed by atoms with Crippen LogP contribution < -0.4 is 0 Å². The molecule has 5 heteroatoms. The average molecular weight is 246 g/mol. The molecule has 15 heavy (non-hydrogen) atoms. The van der Waals surface area contributed by atoms with Gasteiger partial charge < -0.3 is 4.90 Å². The molecule has 1 aliphatic rings. The van der Waals surface area contributed by atoms with Crippen LogP contribution in [0.1, 0.15) is 10.4 Å². The molecular weight excluding hydrogens is 237 g/mol. The Kier molecular flexibility index (Phi) is 3.17. The lowest BCUT2D eigenvalue weighted by Crippen LogP contribution is -2.28. The van der Waals surface area contributed by atoms with E-state index in [1.165, 1.54) is 12.1 Å². The second-order valence-electron chi connectivity index (χ2n) is 3.23. The van der Waals surface area contributed by atoms with Crippen molar-refractivity contribution in [1.29, 1.82) is 0 Å². The van der Waals surface area contributed by atoms with Gasteiger partial charge in [0.05, 0.1) is 16.5 Å². The van der Waals surface area contributed by atoms with E-state index in [-0.39, 0.29) is 10.9 Å². The molecule has 0 saturated carbocycles. The van der Waals surface area contributed by atoms with Gasteiger partial charge in [-0.25, -0.2) is 4.39 Å². The Labute approximate surface area is 96.4 Å². The van der Waals surface area contributed by atoms with E-state index < -0.39 is 5.82 Å². The number of amides is 1. The molecule has 1 aromatic rings. The lowest BCUT2D eigenvalue weighted by molar-refractivity contribution is 0.0803. The van der Waals surface area contributed by atoms with Crippen LogP contribution in [-0.4, -0.2) is 29.0 Å². The number of hydrogen-bond donors (Lipinski definition) is 0. The van der Waals surface area contributed by atoms with E-state index in [1.54, 1.807) is 16.7 Å². The summed E-state index contributed by atoms with van der Waals surface area (Å²) in [5.74, 6) is 1.09. The second kappa shape index (κ2) is 4.41. The van der Waals surface area contributed by atoms with Crippen molar-refractivity contribution in [2.24, 2.45) is 0 Å². The predicted octanol–water partition coefficient (Wildman–Crippen LogP) is 2.63. The number of nitrogens with zero attached hydrogens (tertiary/aromatic N) is 1. The fourth-order valence-corrected chi connectivity index (χ4v) is 2.60. The third kappa shape index (κ3) is 2.26. The van der Waals surface area contributed by atoms with Crippen LogP contribution in [0.4, 0.5) is 4.39 Å². The van der Waals surface area contributed by atoms with Crippen LogP contribution in [0, 0.1) is 5.82 Å². The van der Waals surface area contributed by atoms with Gasteiger partial charge in [-0.1, -0.05) is 11.6 Å². The van der Waals surface area contributed by atoms with Crippen LogP contribution in [0.25, 0.3) is 0 Å². The molecule has 2 nitrogen and oxygen atoms in total. The summed E-state index contributed by atoms with van der Waals surface area (Å²) < 4.78 is 12.8. The van der Waals surface area contributed by atoms with Gasteiger partial charge in [0, 0.05) is 12.3 Å². The second-order valence-corrected chi connectivity index (χ2v) is 4.71. The number of benzene rings is 1. The smallest absolute Gasteiger partial charge is 0.256 e. The van der Waals surface area contributed by atoms with Crippen molar-refractivity contribution in [2.75, 3.05) is 18.2 Å². The molecule has 1 fully saturated rings. The summed E-state index contributed by atoms with van der Waals surface area (Å²) in [6.45, 7) is 0.733. The minimum Gasteiger partial charge on any atom is -0.329 e. The van der Waals surface area contributed by atoms with E-state index in [0.29, 0.717) is 11.4 Å². The summed E-state index contributed by atoms with van der Waals surface area (Å²) in [7, 11) is 0. The lowest BCUT2D eigenvalue weighted by Gasteiger charge is -2.14. The monoisotopic (exact) mass is 245 g/mol. The topological polar surface area (TPSA) is 20.3 Å². The van der Waals surface area contributed by atoms with E-state index in [2.05, 4.69) is 0 Å². The fraction of sp³-hybridized carbons (Fsp3) is 0.300. The first-order chi connectivity index (χ1) is 7.18. The molecule has 0 aromatic heterocycles. The summed E-state index contributed by atoms with van der Waals surface area (Å²) in [6, 6.07) is 3.85. The highest BCUT2D eigenvalue weighted by Crippen LogP contribution is 2.22. The zero-order valence-electron chi connectivity index (χ0n) is 7.87. The molecule has 0 atom stereocenters. The standard InChI is InChI=1S/C10H9ClFNOS/c11-9-5-7(12)1-2-8(9)10(14)13-3-4-15-6-13/h1-2,5H,3-4,6H2. The van der Waals surface area contributed by atoms with Crippen molar-refractivity contribution in [1.82, 2.24) is 4.90 Å². The van der Waals surface area contributed by atoms with Crippen LogP contribution >= 0.6 is 23.4 Å². The van der Waals surface area contributed by atoms with Crippen LogP contribution in [0.3, 0.4) is 0 Å². The van der Waals surface area contributed by atoms with E-state index in [9.17, 15) is 9.18 Å². The first-order valence-corrected chi connectivity index (χ1v) is 6.04. The molecule has 1 aliphatic heterocycles. The Balaban J connectivity index is 2.24. The van der Waals surface area contributed by atoms with Gasteiger partial charge in [0.15, 0.2) is 0 Å². The molecular formula is C10H9ClFNOS. The van der Waals surface area contributed by atoms with Crippen LogP contribution in [0.5, 0.6) is 0 Å². The molecule has 80 valence electrons. The van der Waals surface area contributed by atoms with Crippen molar-refractivity contribution < 1.29 is 9.18 Å². The lowest BCUT2D eigenvalue weighted by atomic mass is 10.2. The Bertz CT molecular complexity index is 393. The SMILES string of the molecule is O=C(c1ccc(F)cc1Cl)N1CCSC1. The summed E-state index contributed by atoms with van der Waals surface area (Å²) in [6.07, 6.45) is 0. The summed E-state index contributed by atoms with van der Waals surface area (Å²) in [5.41, 5.74) is 0.376. The van der Waals surface area contributed by atoms with Gasteiger partial charge in [0.1, 0.15) is 5.82 Å². The molecule has 0 radical (unpaired) electrons. The zero-order valence-corrected chi connectivity index (χ0v) is 9.45. The summed E-state index contributed by atoms with van der Waals surface area (Å²) in [4.78, 5) is 13.6. The number of carbonyl (C=O) groups is 1. The maximum atomic E-state index is 12.8. The van der Waals surface area contributed by atoms with Gasteiger partial charge in [-0.05, 0) is 18.2 Å². The van der Waals surface area contributed by atoms with Gasteiger partial charge in [0.25, 0.3) is 5.91 Å². The number of carbonyl (C=O) groups excluding carboxylic acids is 1. The molecule has 1 aromatic carbocycles.